The molecule has 1 unspecified atom stereocenters. The van der Waals surface area contributed by atoms with Crippen LogP contribution in [0.5, 0.6) is 0 Å². The van der Waals surface area contributed by atoms with E-state index in [4.69, 9.17) is 26.6 Å². The van der Waals surface area contributed by atoms with Crippen molar-refractivity contribution in [3.63, 3.8) is 0 Å². The molecule has 1 fully saturated rings. The summed E-state index contributed by atoms with van der Waals surface area (Å²) in [5, 5.41) is 0.746. The van der Waals surface area contributed by atoms with Crippen molar-refractivity contribution >= 4 is 45.6 Å². The highest BCUT2D eigenvalue weighted by Gasteiger charge is 2.28. The molecule has 3 aromatic rings. The Bertz CT molecular complexity index is 1170. The largest absolute Gasteiger partial charge is 0.368 e. The van der Waals surface area contributed by atoms with Gasteiger partial charge in [-0.1, -0.05) is 41.9 Å². The number of anilines is 2. The lowest BCUT2D eigenvalue weighted by Gasteiger charge is -2.36. The zero-order chi connectivity index (χ0) is 22.1. The van der Waals surface area contributed by atoms with Crippen molar-refractivity contribution in [1.82, 2.24) is 9.97 Å². The number of rotatable bonds is 4. The molecule has 164 valence electrons. The van der Waals surface area contributed by atoms with Gasteiger partial charge in [0.15, 0.2) is 5.82 Å². The molecule has 0 radical (unpaired) electrons. The van der Waals surface area contributed by atoms with Crippen LogP contribution in [0.3, 0.4) is 0 Å². The van der Waals surface area contributed by atoms with Crippen molar-refractivity contribution < 1.29 is 4.21 Å². The first-order valence-corrected chi connectivity index (χ1v) is 12.4. The van der Waals surface area contributed by atoms with E-state index in [1.165, 1.54) is 5.69 Å². The van der Waals surface area contributed by atoms with E-state index >= 15 is 0 Å². The Hall–Kier alpha value is -2.77. The third kappa shape index (κ3) is 4.27. The number of hydrogen-bond acceptors (Lipinski definition) is 6. The monoisotopic (exact) mass is 465 g/mol. The highest BCUT2D eigenvalue weighted by Crippen LogP contribution is 2.32. The van der Waals surface area contributed by atoms with Crippen molar-refractivity contribution in [3.05, 3.63) is 70.9 Å². The number of fused-ring (bicyclic) bond motifs is 1. The molecule has 0 spiro atoms. The quantitative estimate of drug-likeness (QED) is 0.539. The van der Waals surface area contributed by atoms with Gasteiger partial charge in [-0.25, -0.2) is 9.98 Å². The zero-order valence-electron chi connectivity index (χ0n) is 17.9. The van der Waals surface area contributed by atoms with E-state index < -0.39 is 10.8 Å². The number of piperazine rings is 1. The predicted molar refractivity (Wildman–Crippen MR) is 131 cm³/mol. The number of aliphatic imine (C=N–C) groups is 1. The molecule has 1 atom stereocenters. The van der Waals surface area contributed by atoms with Crippen LogP contribution in [-0.4, -0.2) is 51.8 Å². The molecular weight excluding hydrogens is 442 g/mol. The molecule has 2 aliphatic heterocycles. The van der Waals surface area contributed by atoms with Gasteiger partial charge in [-0.15, -0.1) is 0 Å². The Morgan fingerprint density at radius 1 is 0.969 bits per heavy atom. The fourth-order valence-corrected chi connectivity index (χ4v) is 5.52. The molecule has 1 aromatic heterocycles. The molecule has 2 aliphatic rings. The van der Waals surface area contributed by atoms with Crippen LogP contribution in [0, 0.1) is 0 Å². The summed E-state index contributed by atoms with van der Waals surface area (Å²) in [7, 11) is -1.10. The fourth-order valence-electron chi connectivity index (χ4n) is 4.10. The first-order valence-electron chi connectivity index (χ1n) is 10.7. The van der Waals surface area contributed by atoms with E-state index in [1.807, 2.05) is 49.4 Å². The molecule has 6 nitrogen and oxygen atoms in total. The van der Waals surface area contributed by atoms with E-state index in [1.54, 1.807) is 0 Å². The molecule has 1 saturated heterocycles. The Morgan fingerprint density at radius 3 is 2.38 bits per heavy atom. The van der Waals surface area contributed by atoms with Gasteiger partial charge in [0.05, 0.1) is 16.5 Å². The van der Waals surface area contributed by atoms with E-state index in [0.29, 0.717) is 28.8 Å². The lowest BCUT2D eigenvalue weighted by atomic mass is 10.1. The summed E-state index contributed by atoms with van der Waals surface area (Å²) in [6.45, 7) is 5.33. The van der Waals surface area contributed by atoms with Crippen LogP contribution in [0.15, 0.2) is 64.5 Å². The van der Waals surface area contributed by atoms with Gasteiger partial charge in [-0.2, -0.15) is 4.98 Å². The molecule has 0 bridgehead atoms. The first kappa shape index (κ1) is 21.1. The molecule has 32 heavy (non-hydrogen) atoms. The van der Waals surface area contributed by atoms with Gasteiger partial charge < -0.3 is 9.80 Å². The average molecular weight is 466 g/mol. The normalized spacial score (nSPS) is 18.7. The summed E-state index contributed by atoms with van der Waals surface area (Å²) in [5.41, 5.74) is 3.92. The number of aryl methyl sites for hydroxylation is 1. The maximum atomic E-state index is 12.6. The molecular formula is C24H24ClN5OS. The number of benzene rings is 2. The molecule has 0 aliphatic carbocycles. The third-order valence-corrected chi connectivity index (χ3v) is 7.58. The summed E-state index contributed by atoms with van der Waals surface area (Å²) >= 11 is 6.02. The number of nitrogens with zero attached hydrogens (tertiary/aromatic N) is 5. The highest BCUT2D eigenvalue weighted by atomic mass is 35.5. The standard InChI is InChI=1S/C24H24ClN5OS/c1-17(18-5-3-2-4-6-18)26-23-22-21(11-16-32(22)31)27-24(28-23)30-14-12-29(13-15-30)20-9-7-19(25)8-10-20/h2-10H,11-16H2,1H3. The Kier molecular flexibility index (Phi) is 5.93. The molecule has 0 saturated carbocycles. The second-order valence-electron chi connectivity index (χ2n) is 7.94. The number of aromatic nitrogens is 2. The predicted octanol–water partition coefficient (Wildman–Crippen LogP) is 4.26. The van der Waals surface area contributed by atoms with Crippen LogP contribution in [0.25, 0.3) is 0 Å². The van der Waals surface area contributed by atoms with Crippen LogP contribution < -0.4 is 9.80 Å². The number of halogens is 1. The van der Waals surface area contributed by atoms with Crippen molar-refractivity contribution in [3.8, 4) is 0 Å². The molecule has 0 amide bonds. The molecule has 3 heterocycles. The second-order valence-corrected chi connectivity index (χ2v) is 9.88. The van der Waals surface area contributed by atoms with Gasteiger partial charge in [0, 0.05) is 54.8 Å². The minimum atomic E-state index is -1.10. The lowest BCUT2D eigenvalue weighted by molar-refractivity contribution is 0.637. The summed E-state index contributed by atoms with van der Waals surface area (Å²) < 4.78 is 12.6. The maximum Gasteiger partial charge on any atom is 0.227 e. The fraction of sp³-hybridized carbons (Fsp3) is 0.292. The lowest BCUT2D eigenvalue weighted by Crippen LogP contribution is -2.47. The van der Waals surface area contributed by atoms with Crippen molar-refractivity contribution in [1.29, 1.82) is 0 Å². The van der Waals surface area contributed by atoms with Gasteiger partial charge in [0.25, 0.3) is 0 Å². The molecule has 0 N–H and O–H groups in total. The van der Waals surface area contributed by atoms with Gasteiger partial charge in [0.1, 0.15) is 4.90 Å². The second kappa shape index (κ2) is 9.00. The van der Waals surface area contributed by atoms with Crippen LogP contribution in [0.1, 0.15) is 18.2 Å². The summed E-state index contributed by atoms with van der Waals surface area (Å²) in [6.07, 6.45) is 0.703. The van der Waals surface area contributed by atoms with Crippen LogP contribution in [-0.2, 0) is 17.2 Å². The maximum absolute atomic E-state index is 12.6. The summed E-state index contributed by atoms with van der Waals surface area (Å²) in [6, 6.07) is 18.0. The van der Waals surface area contributed by atoms with E-state index in [2.05, 4.69) is 21.9 Å². The smallest absolute Gasteiger partial charge is 0.227 e. The Balaban J connectivity index is 1.41. The summed E-state index contributed by atoms with van der Waals surface area (Å²) in [4.78, 5) is 19.6. The molecule has 8 heteroatoms. The highest BCUT2D eigenvalue weighted by molar-refractivity contribution is 7.85. The Labute approximate surface area is 195 Å². The zero-order valence-corrected chi connectivity index (χ0v) is 19.4. The number of hydrogen-bond donors (Lipinski definition) is 0. The van der Waals surface area contributed by atoms with Crippen molar-refractivity contribution in [2.75, 3.05) is 41.7 Å². The SMILES string of the molecule is CC(=Nc1nc(N2CCN(c3ccc(Cl)cc3)CC2)nc2c1S(=O)CC2)c1ccccc1. The van der Waals surface area contributed by atoms with Gasteiger partial charge in [-0.05, 0) is 36.8 Å². The van der Waals surface area contributed by atoms with Gasteiger partial charge in [-0.3, -0.25) is 4.21 Å². The first-order chi connectivity index (χ1) is 15.6. The average Bonchev–Trinajstić information content (AvgIpc) is 3.21. The molecule has 2 aromatic carbocycles. The minimum absolute atomic E-state index is 0.544. The summed E-state index contributed by atoms with van der Waals surface area (Å²) in [5.74, 6) is 1.81. The minimum Gasteiger partial charge on any atom is -0.368 e. The van der Waals surface area contributed by atoms with E-state index in [0.717, 1.165) is 48.2 Å². The van der Waals surface area contributed by atoms with Crippen LogP contribution in [0.4, 0.5) is 17.5 Å². The van der Waals surface area contributed by atoms with Gasteiger partial charge >= 0.3 is 0 Å². The van der Waals surface area contributed by atoms with Crippen molar-refractivity contribution in [2.24, 2.45) is 4.99 Å². The Morgan fingerprint density at radius 2 is 1.66 bits per heavy atom. The third-order valence-electron chi connectivity index (χ3n) is 5.88. The van der Waals surface area contributed by atoms with E-state index in [-0.39, 0.29) is 0 Å². The van der Waals surface area contributed by atoms with Crippen LogP contribution >= 0.6 is 11.6 Å². The topological polar surface area (TPSA) is 61.7 Å². The van der Waals surface area contributed by atoms with E-state index in [9.17, 15) is 4.21 Å². The molecule has 5 rings (SSSR count). The van der Waals surface area contributed by atoms with Gasteiger partial charge in [0.2, 0.25) is 5.95 Å². The van der Waals surface area contributed by atoms with Crippen molar-refractivity contribution in [2.45, 2.75) is 18.2 Å². The van der Waals surface area contributed by atoms with Crippen LogP contribution in [0.2, 0.25) is 5.02 Å².